The molecule has 0 radical (unpaired) electrons. The molecule has 1 aliphatic rings. The van der Waals surface area contributed by atoms with E-state index in [1.54, 1.807) is 0 Å². The molecule has 0 spiro atoms. The Morgan fingerprint density at radius 3 is 2.79 bits per heavy atom. The average Bonchev–Trinajstić information content (AvgIpc) is 3.27. The molecule has 2 heterocycles. The third-order valence-corrected chi connectivity index (χ3v) is 5.51. The van der Waals surface area contributed by atoms with Crippen molar-refractivity contribution in [2.75, 3.05) is 0 Å². The number of hydrogen-bond acceptors (Lipinski definition) is 4. The normalized spacial score (nSPS) is 14.7. The number of fused-ring (bicyclic) bond motifs is 1. The summed E-state index contributed by atoms with van der Waals surface area (Å²) in [4.78, 5) is 0. The van der Waals surface area contributed by atoms with Crippen LogP contribution in [0.4, 0.5) is 0 Å². The van der Waals surface area contributed by atoms with Crippen molar-refractivity contribution in [3.63, 3.8) is 0 Å². The van der Waals surface area contributed by atoms with Crippen LogP contribution < -0.4 is 0 Å². The summed E-state index contributed by atoms with van der Waals surface area (Å²) in [5.74, 6) is 1.62. The minimum absolute atomic E-state index is 0.407. The maximum atomic E-state index is 12.5. The Hall–Kier alpha value is -2.21. The van der Waals surface area contributed by atoms with Gasteiger partial charge in [-0.1, -0.05) is 23.4 Å². The van der Waals surface area contributed by atoms with Crippen LogP contribution in [0.2, 0.25) is 0 Å². The molecule has 24 heavy (non-hydrogen) atoms. The van der Waals surface area contributed by atoms with Crippen molar-refractivity contribution in [2.45, 2.75) is 37.7 Å². The van der Waals surface area contributed by atoms with Crippen LogP contribution in [0, 0.1) is 6.92 Å². The molecule has 0 bridgehead atoms. The van der Waals surface area contributed by atoms with Crippen LogP contribution >= 0.6 is 0 Å². The fraction of sp³-hybridized carbons (Fsp3) is 0.333. The first-order chi connectivity index (χ1) is 11.7. The maximum Gasteiger partial charge on any atom is 0.133 e. The molecule has 0 fully saturated rings. The van der Waals surface area contributed by atoms with Gasteiger partial charge < -0.3 is 4.52 Å². The fourth-order valence-corrected chi connectivity index (χ4v) is 4.37. The van der Waals surface area contributed by atoms with E-state index in [1.807, 2.05) is 35.9 Å². The lowest BCUT2D eigenvalue weighted by Gasteiger charge is -2.04. The fourth-order valence-electron chi connectivity index (χ4n) is 3.27. The van der Waals surface area contributed by atoms with Crippen molar-refractivity contribution >= 4 is 10.8 Å². The summed E-state index contributed by atoms with van der Waals surface area (Å²) in [6.07, 6.45) is 3.20. The van der Waals surface area contributed by atoms with Crippen molar-refractivity contribution in [3.8, 4) is 5.69 Å². The Balaban J connectivity index is 1.59. The molecule has 0 saturated heterocycles. The average molecular weight is 341 g/mol. The molecule has 3 aromatic rings. The lowest BCUT2D eigenvalue weighted by molar-refractivity contribution is 0.392. The zero-order chi connectivity index (χ0) is 16.5. The van der Waals surface area contributed by atoms with Gasteiger partial charge in [0, 0.05) is 22.6 Å². The van der Waals surface area contributed by atoms with Gasteiger partial charge >= 0.3 is 0 Å². The van der Waals surface area contributed by atoms with Gasteiger partial charge in [-0.3, -0.25) is 4.21 Å². The zero-order valence-corrected chi connectivity index (χ0v) is 14.4. The topological polar surface area (TPSA) is 60.9 Å². The molecule has 2 aromatic heterocycles. The summed E-state index contributed by atoms with van der Waals surface area (Å²) in [5.41, 5.74) is 5.32. The predicted octanol–water partition coefficient (Wildman–Crippen LogP) is 3.11. The Labute approximate surface area is 143 Å². The highest BCUT2D eigenvalue weighted by Crippen LogP contribution is 2.28. The van der Waals surface area contributed by atoms with E-state index < -0.39 is 10.8 Å². The third kappa shape index (κ3) is 2.94. The van der Waals surface area contributed by atoms with Gasteiger partial charge in [-0.25, -0.2) is 4.68 Å². The molecule has 6 heteroatoms. The van der Waals surface area contributed by atoms with Crippen molar-refractivity contribution in [1.29, 1.82) is 0 Å². The second kappa shape index (κ2) is 6.36. The van der Waals surface area contributed by atoms with Crippen LogP contribution in [0.15, 0.2) is 40.9 Å². The minimum atomic E-state index is -1.04. The Morgan fingerprint density at radius 2 is 2.04 bits per heavy atom. The number of aryl methyl sites for hydroxylation is 1. The molecular formula is C18H19N3O2S. The van der Waals surface area contributed by atoms with Gasteiger partial charge in [-0.15, -0.1) is 0 Å². The summed E-state index contributed by atoms with van der Waals surface area (Å²) in [7, 11) is -1.04. The highest BCUT2D eigenvalue weighted by molar-refractivity contribution is 7.83. The van der Waals surface area contributed by atoms with E-state index in [1.165, 1.54) is 11.3 Å². The highest BCUT2D eigenvalue weighted by Gasteiger charge is 2.24. The quantitative estimate of drug-likeness (QED) is 0.715. The van der Waals surface area contributed by atoms with Gasteiger partial charge in [0.25, 0.3) is 0 Å². The molecule has 0 N–H and O–H groups in total. The van der Waals surface area contributed by atoms with Crippen LogP contribution in [0.1, 0.15) is 34.8 Å². The monoisotopic (exact) mass is 341 g/mol. The van der Waals surface area contributed by atoms with E-state index in [4.69, 9.17) is 9.62 Å². The molecule has 0 saturated carbocycles. The van der Waals surface area contributed by atoms with Gasteiger partial charge in [0.15, 0.2) is 0 Å². The summed E-state index contributed by atoms with van der Waals surface area (Å²) in [6, 6.07) is 12.0. The van der Waals surface area contributed by atoms with Crippen LogP contribution in [-0.2, 0) is 35.1 Å². The van der Waals surface area contributed by atoms with Crippen molar-refractivity contribution in [1.82, 2.24) is 14.9 Å². The second-order valence-electron chi connectivity index (χ2n) is 6.13. The summed E-state index contributed by atoms with van der Waals surface area (Å²) in [6.45, 7) is 1.84. The van der Waals surface area contributed by atoms with Gasteiger partial charge in [0.2, 0.25) is 0 Å². The lowest BCUT2D eigenvalue weighted by atomic mass is 10.2. The summed E-state index contributed by atoms with van der Waals surface area (Å²) in [5, 5.41) is 8.70. The number of nitrogens with zero attached hydrogens (tertiary/aromatic N) is 3. The number of para-hydroxylation sites is 1. The smallest absolute Gasteiger partial charge is 0.133 e. The van der Waals surface area contributed by atoms with Crippen molar-refractivity contribution in [3.05, 3.63) is 64.8 Å². The summed E-state index contributed by atoms with van der Waals surface area (Å²) < 4.78 is 19.6. The Morgan fingerprint density at radius 1 is 1.21 bits per heavy atom. The summed E-state index contributed by atoms with van der Waals surface area (Å²) >= 11 is 0. The van der Waals surface area contributed by atoms with E-state index in [-0.39, 0.29) is 0 Å². The molecular weight excluding hydrogens is 322 g/mol. The molecule has 0 unspecified atom stereocenters. The van der Waals surface area contributed by atoms with Crippen LogP contribution in [-0.4, -0.2) is 19.1 Å². The molecule has 4 rings (SSSR count). The molecule has 1 atom stereocenters. The first-order valence-electron chi connectivity index (χ1n) is 8.13. The number of rotatable bonds is 5. The number of aromatic nitrogens is 3. The lowest BCUT2D eigenvalue weighted by Crippen LogP contribution is -2.04. The predicted molar refractivity (Wildman–Crippen MR) is 92.4 cm³/mol. The molecule has 5 nitrogen and oxygen atoms in total. The van der Waals surface area contributed by atoms with E-state index >= 15 is 0 Å². The van der Waals surface area contributed by atoms with Gasteiger partial charge in [0.1, 0.15) is 5.76 Å². The Kier molecular flexibility index (Phi) is 4.06. The highest BCUT2D eigenvalue weighted by atomic mass is 32.2. The Bertz CT molecular complexity index is 883. The maximum absolute atomic E-state index is 12.5. The SMILES string of the molecule is Cc1cc(C[S@](=O)Cc2nn(-c3ccccc3)c3c2CCC3)no1. The molecule has 1 aromatic carbocycles. The number of benzene rings is 1. The van der Waals surface area contributed by atoms with Gasteiger partial charge in [-0.05, 0) is 43.9 Å². The number of hydrogen-bond donors (Lipinski definition) is 0. The first kappa shape index (κ1) is 15.3. The standard InChI is InChI=1S/C18H19N3O2S/c1-13-10-14(20-23-13)11-24(22)12-17-16-8-5-9-18(16)21(19-17)15-6-3-2-4-7-15/h2-4,6-7,10H,5,8-9,11-12H2,1H3/t24-/m0/s1. The molecule has 0 aliphatic heterocycles. The van der Waals surface area contributed by atoms with Crippen LogP contribution in [0.25, 0.3) is 5.69 Å². The molecule has 1 aliphatic carbocycles. The van der Waals surface area contributed by atoms with Crippen molar-refractivity contribution < 1.29 is 8.73 Å². The van der Waals surface area contributed by atoms with Crippen LogP contribution in [0.5, 0.6) is 0 Å². The van der Waals surface area contributed by atoms with E-state index in [0.717, 1.165) is 42.1 Å². The zero-order valence-electron chi connectivity index (χ0n) is 13.6. The van der Waals surface area contributed by atoms with E-state index in [0.29, 0.717) is 11.5 Å². The first-order valence-corrected chi connectivity index (χ1v) is 9.62. The van der Waals surface area contributed by atoms with Gasteiger partial charge in [0.05, 0.1) is 28.6 Å². The largest absolute Gasteiger partial charge is 0.361 e. The second-order valence-corrected chi connectivity index (χ2v) is 7.59. The molecule has 0 amide bonds. The minimum Gasteiger partial charge on any atom is -0.361 e. The van der Waals surface area contributed by atoms with Gasteiger partial charge in [-0.2, -0.15) is 5.10 Å². The van der Waals surface area contributed by atoms with E-state index in [9.17, 15) is 4.21 Å². The van der Waals surface area contributed by atoms with Crippen LogP contribution in [0.3, 0.4) is 0 Å². The third-order valence-electron chi connectivity index (χ3n) is 4.30. The van der Waals surface area contributed by atoms with E-state index in [2.05, 4.69) is 17.3 Å². The van der Waals surface area contributed by atoms with Crippen molar-refractivity contribution in [2.24, 2.45) is 0 Å². The molecule has 124 valence electrons.